The van der Waals surface area contributed by atoms with E-state index in [2.05, 4.69) is 80.6 Å². The van der Waals surface area contributed by atoms with E-state index in [0.29, 0.717) is 42.5 Å². The van der Waals surface area contributed by atoms with Crippen LogP contribution >= 0.6 is 0 Å². The lowest BCUT2D eigenvalue weighted by molar-refractivity contribution is -0.114. The number of ether oxygens (including phenoxy) is 2. The average Bonchev–Trinajstić information content (AvgIpc) is 3.24. The first-order valence-electron chi connectivity index (χ1n) is 20.8. The normalized spacial score (nSPS) is 12.4. The topological polar surface area (TPSA) is 230 Å². The number of aromatic hydroxyl groups is 1. The molecule has 0 aliphatic heterocycles. The van der Waals surface area contributed by atoms with E-state index >= 15 is 0 Å². The van der Waals surface area contributed by atoms with E-state index in [1.807, 2.05) is 0 Å². The van der Waals surface area contributed by atoms with Gasteiger partial charge in [-0.1, -0.05) is 77.9 Å². The van der Waals surface area contributed by atoms with Crippen LogP contribution in [0.15, 0.2) is 117 Å². The maximum Gasteiger partial charge on any atom is 0.296 e. The van der Waals surface area contributed by atoms with Crippen molar-refractivity contribution in [3.63, 3.8) is 0 Å². The minimum absolute atomic E-state index is 0.00625. The van der Waals surface area contributed by atoms with Crippen LogP contribution in [-0.4, -0.2) is 56.0 Å². The van der Waals surface area contributed by atoms with E-state index < -0.39 is 41.8 Å². The minimum Gasteiger partial charge on any atom is -0.506 e. The summed E-state index contributed by atoms with van der Waals surface area (Å²) in [4.78, 5) is 24.1. The van der Waals surface area contributed by atoms with Gasteiger partial charge in [-0.3, -0.25) is 18.7 Å². The molecule has 0 fully saturated rings. The Labute approximate surface area is 378 Å². The van der Waals surface area contributed by atoms with Crippen LogP contribution < -0.4 is 20.1 Å². The number of benzene rings is 6. The summed E-state index contributed by atoms with van der Waals surface area (Å²) < 4.78 is 80.8. The van der Waals surface area contributed by atoms with Crippen molar-refractivity contribution >= 4 is 70.7 Å². The minimum atomic E-state index is -4.94. The second-order valence-electron chi connectivity index (χ2n) is 17.3. The molecule has 65 heavy (non-hydrogen) atoms. The van der Waals surface area contributed by atoms with E-state index in [1.54, 1.807) is 36.4 Å². The Bertz CT molecular complexity index is 3050. The predicted molar refractivity (Wildman–Crippen MR) is 250 cm³/mol. The number of carbonyl (C=O) groups excluding carboxylic acids is 2. The number of phenolic OH excluding ortho intramolecular Hbond substituents is 1. The molecule has 2 amide bonds. The number of azo groups is 1. The van der Waals surface area contributed by atoms with Crippen molar-refractivity contribution in [3.8, 4) is 23.0 Å². The molecule has 6 aromatic carbocycles. The Morgan fingerprint density at radius 2 is 1.45 bits per heavy atom. The molecular weight excluding hydrogens is 873 g/mol. The van der Waals surface area contributed by atoms with Gasteiger partial charge in [0.1, 0.15) is 33.6 Å². The van der Waals surface area contributed by atoms with Crippen molar-refractivity contribution in [1.29, 1.82) is 0 Å². The summed E-state index contributed by atoms with van der Waals surface area (Å²) in [6.07, 6.45) is 2.27. The monoisotopic (exact) mass is 924 g/mol. The third kappa shape index (κ3) is 11.5. The van der Waals surface area contributed by atoms with Crippen LogP contribution in [0.1, 0.15) is 89.2 Å². The molecule has 6 rings (SSSR count). The van der Waals surface area contributed by atoms with Crippen LogP contribution in [0.5, 0.6) is 23.0 Å². The summed E-state index contributed by atoms with van der Waals surface area (Å²) in [6, 6.07) is 25.1. The molecule has 0 aromatic heterocycles. The van der Waals surface area contributed by atoms with Crippen LogP contribution in [0, 0.1) is 0 Å². The lowest BCUT2D eigenvalue weighted by atomic mass is 9.78. The van der Waals surface area contributed by atoms with Gasteiger partial charge >= 0.3 is 0 Å². The maximum absolute atomic E-state index is 13.5. The number of carbonyl (C=O) groups is 2. The zero-order valence-corrected chi connectivity index (χ0v) is 38.7. The van der Waals surface area contributed by atoms with E-state index in [4.69, 9.17) is 9.47 Å². The molecule has 342 valence electrons. The van der Waals surface area contributed by atoms with E-state index in [1.165, 1.54) is 42.3 Å². The van der Waals surface area contributed by atoms with Gasteiger partial charge in [-0.15, -0.1) is 5.11 Å². The Hall–Kier alpha value is -6.40. The molecule has 0 radical (unpaired) electrons. The number of nitrogens with one attached hydrogen (secondary N) is 2. The fourth-order valence-electron chi connectivity index (χ4n) is 7.03. The summed E-state index contributed by atoms with van der Waals surface area (Å²) in [6.45, 7) is 15.2. The molecule has 0 aliphatic carbocycles. The second-order valence-corrected chi connectivity index (χ2v) is 20.1. The molecule has 0 aliphatic rings. The van der Waals surface area contributed by atoms with Crippen molar-refractivity contribution in [1.82, 2.24) is 5.32 Å². The second kappa shape index (κ2) is 19.0. The lowest BCUT2D eigenvalue weighted by Gasteiger charge is -2.29. The predicted octanol–water partition coefficient (Wildman–Crippen LogP) is 10.9. The molecule has 0 atom stereocenters. The maximum atomic E-state index is 13.5. The van der Waals surface area contributed by atoms with Gasteiger partial charge in [-0.25, -0.2) is 0 Å². The number of rotatable bonds is 16. The van der Waals surface area contributed by atoms with E-state index in [-0.39, 0.29) is 55.7 Å². The largest absolute Gasteiger partial charge is 0.506 e. The van der Waals surface area contributed by atoms with Crippen LogP contribution in [0.25, 0.3) is 21.5 Å². The summed E-state index contributed by atoms with van der Waals surface area (Å²) in [5.41, 5.74) is 2.19. The highest BCUT2D eigenvalue weighted by Gasteiger charge is 2.26. The Morgan fingerprint density at radius 3 is 2.08 bits per heavy atom. The van der Waals surface area contributed by atoms with Crippen LogP contribution in [0.2, 0.25) is 0 Å². The average molecular weight is 925 g/mol. The Kier molecular flexibility index (Phi) is 14.0. The molecule has 6 aromatic rings. The number of unbranched alkanes of at least 4 members (excludes halogenated alkanes) is 1. The number of hydrogen-bond donors (Lipinski definition) is 5. The number of hydrogen-bond acceptors (Lipinski definition) is 11. The molecule has 5 N–H and O–H groups in total. The molecule has 15 nitrogen and oxygen atoms in total. The smallest absolute Gasteiger partial charge is 0.296 e. The molecular formula is C48H52N4O11S2. The first-order valence-corrected chi connectivity index (χ1v) is 23.7. The number of phenols is 1. The zero-order valence-electron chi connectivity index (χ0n) is 37.1. The van der Waals surface area contributed by atoms with Gasteiger partial charge in [0, 0.05) is 35.2 Å². The summed E-state index contributed by atoms with van der Waals surface area (Å²) in [7, 11) is -9.71. The first-order chi connectivity index (χ1) is 30.5. The standard InChI is InChI=1S/C48H52N4O11S2/c1-8-48(6,7)39-25-31(47(3,4)5)15-20-42(39)62-22-12-11-21-49-46(55)38-28-43(35-13-9-10-14-36(35)45(38)54)63-33-18-16-32(17-19-33)51-52-41-27-37-30(24-44(41)65(59,60)61)23-34(64(56,57)58)26-40(37)50-29(2)53/h9-10,13-20,23-28,54H,8,11-12,21-22H2,1-7H3,(H,49,55)(H,50,53)(H,56,57,58)(H,59,60,61)/b52-51+. The highest BCUT2D eigenvalue weighted by Crippen LogP contribution is 2.41. The summed E-state index contributed by atoms with van der Waals surface area (Å²) in [5.74, 6) is 0.202. The fraction of sp³-hybridized carbons (Fsp3) is 0.292. The summed E-state index contributed by atoms with van der Waals surface area (Å²) >= 11 is 0. The molecule has 0 spiro atoms. The third-order valence-corrected chi connectivity index (χ3v) is 12.7. The number of nitrogens with zero attached hydrogens (tertiary/aromatic N) is 2. The van der Waals surface area contributed by atoms with E-state index in [9.17, 15) is 40.6 Å². The van der Waals surface area contributed by atoms with Gasteiger partial charge in [0.15, 0.2) is 0 Å². The number of anilines is 1. The van der Waals surface area contributed by atoms with Crippen molar-refractivity contribution in [2.75, 3.05) is 18.5 Å². The van der Waals surface area contributed by atoms with Gasteiger partial charge in [0.2, 0.25) is 5.91 Å². The highest BCUT2D eigenvalue weighted by atomic mass is 32.2. The number of amides is 2. The Morgan fingerprint density at radius 1 is 0.754 bits per heavy atom. The summed E-state index contributed by atoms with van der Waals surface area (Å²) in [5, 5.41) is 25.8. The fourth-order valence-corrected chi connectivity index (χ4v) is 8.21. The molecule has 0 unspecified atom stereocenters. The SMILES string of the molecule is CCC(C)(C)c1cc(C(C)(C)C)ccc1OCCCCNC(=O)c1cc(Oc2ccc(/N=N/c3cc4c(NC(C)=O)cc(S(=O)(=O)O)cc4cc3S(=O)(=O)O)cc2)c2ccccc2c1O. The van der Waals surface area contributed by atoms with Gasteiger partial charge in [-0.05, 0) is 102 Å². The molecule has 0 saturated heterocycles. The molecule has 17 heteroatoms. The van der Waals surface area contributed by atoms with E-state index in [0.717, 1.165) is 30.4 Å². The van der Waals surface area contributed by atoms with Crippen LogP contribution in [0.4, 0.5) is 17.1 Å². The Balaban J connectivity index is 1.16. The number of fused-ring (bicyclic) bond motifs is 2. The lowest BCUT2D eigenvalue weighted by Crippen LogP contribution is -2.25. The van der Waals surface area contributed by atoms with Crippen molar-refractivity contribution in [2.45, 2.75) is 88.3 Å². The van der Waals surface area contributed by atoms with Gasteiger partial charge in [0.05, 0.1) is 28.4 Å². The zero-order chi connectivity index (χ0) is 47.5. The molecule has 0 bridgehead atoms. The third-order valence-electron chi connectivity index (χ3n) is 11.0. The quantitative estimate of drug-likeness (QED) is 0.0348. The van der Waals surface area contributed by atoms with Crippen molar-refractivity contribution in [2.24, 2.45) is 10.2 Å². The first kappa shape index (κ1) is 48.1. The van der Waals surface area contributed by atoms with Gasteiger partial charge in [-0.2, -0.15) is 21.9 Å². The van der Waals surface area contributed by atoms with Gasteiger partial charge < -0.3 is 25.2 Å². The van der Waals surface area contributed by atoms with Gasteiger partial charge in [0.25, 0.3) is 26.1 Å². The van der Waals surface area contributed by atoms with Crippen molar-refractivity contribution in [3.05, 3.63) is 114 Å². The molecule has 0 heterocycles. The highest BCUT2D eigenvalue weighted by molar-refractivity contribution is 7.86. The van der Waals surface area contributed by atoms with Crippen molar-refractivity contribution < 1.29 is 50.1 Å². The van der Waals surface area contributed by atoms with Crippen LogP contribution in [0.3, 0.4) is 0 Å². The molecule has 0 saturated carbocycles. The van der Waals surface area contributed by atoms with Crippen LogP contribution in [-0.2, 0) is 35.9 Å².